The fourth-order valence-corrected chi connectivity index (χ4v) is 1.08. The Morgan fingerprint density at radius 3 is 1.15 bits per heavy atom. The van der Waals surface area contributed by atoms with E-state index in [2.05, 4.69) is 0 Å². The van der Waals surface area contributed by atoms with Crippen LogP contribution in [-0.4, -0.2) is 22.2 Å². The van der Waals surface area contributed by atoms with Gasteiger partial charge in [0.1, 0.15) is 0 Å². The van der Waals surface area contributed by atoms with E-state index in [1.807, 2.05) is 0 Å². The molecule has 0 amide bonds. The zero-order valence-corrected chi connectivity index (χ0v) is 19.1. The number of unbranched alkanes of at least 4 members (excludes halogenated alkanes) is 4. The predicted molar refractivity (Wildman–Crippen MR) is 49.0 cm³/mol. The van der Waals surface area contributed by atoms with Gasteiger partial charge in [-0.15, -0.1) is 0 Å². The number of hydrogen-bond acceptors (Lipinski definition) is 6. The molecule has 2 N–H and O–H groups in total. The first-order chi connectivity index (χ1) is 8.13. The fourth-order valence-electron chi connectivity index (χ4n) is 1.08. The summed E-state index contributed by atoms with van der Waals surface area (Å²) >= 11 is -5.62. The second kappa shape index (κ2) is 19.3. The molecule has 0 fully saturated rings. The molecule has 0 spiro atoms. The molecular weight excluding hydrogens is 369 g/mol. The maximum absolute atomic E-state index is 10.1. The third-order valence-electron chi connectivity index (χ3n) is 1.78. The molecule has 0 aromatic carbocycles. The van der Waals surface area contributed by atoms with Crippen LogP contribution in [0.4, 0.5) is 0 Å². The monoisotopic (exact) mass is 385 g/mol. The van der Waals surface area contributed by atoms with Crippen LogP contribution in [0.25, 0.3) is 0 Å². The van der Waals surface area contributed by atoms with Crippen molar-refractivity contribution in [3.8, 4) is 0 Å². The Labute approximate surface area is 204 Å². The zero-order chi connectivity index (χ0) is 14.6. The van der Waals surface area contributed by atoms with Crippen molar-refractivity contribution < 1.29 is 152 Å². The third kappa shape index (κ3) is 50.0. The van der Waals surface area contributed by atoms with E-state index in [4.69, 9.17) is 26.3 Å². The Kier molecular flexibility index (Phi) is 29.1. The van der Waals surface area contributed by atoms with E-state index < -0.39 is 25.3 Å². The second-order valence-corrected chi connectivity index (χ2v) is 4.61. The molecular formula is C9H16K2MnO8. The molecule has 109 valence electrons. The van der Waals surface area contributed by atoms with Gasteiger partial charge in [0, 0.05) is 12.8 Å². The first-order valence-electron chi connectivity index (χ1n) is 5.18. The van der Waals surface area contributed by atoms with Crippen LogP contribution in [0.1, 0.15) is 44.9 Å². The van der Waals surface area contributed by atoms with Crippen LogP contribution in [0.3, 0.4) is 0 Å². The Bertz CT molecular complexity index is 318. The zero-order valence-electron chi connectivity index (χ0n) is 11.7. The van der Waals surface area contributed by atoms with Crippen LogP contribution >= 0.6 is 0 Å². The molecule has 0 aromatic heterocycles. The van der Waals surface area contributed by atoms with Crippen molar-refractivity contribution in [2.45, 2.75) is 44.9 Å². The molecule has 0 atom stereocenters. The van der Waals surface area contributed by atoms with E-state index in [0.29, 0.717) is 12.8 Å². The van der Waals surface area contributed by atoms with Crippen LogP contribution in [0.5, 0.6) is 0 Å². The molecule has 0 aromatic rings. The minimum atomic E-state index is -5.62. The SMILES string of the molecule is O=C(O)CCCCCCCC(=O)O.[K+].[K+].[O]=[Mn](=[O])([O-])[O-]. The average molecular weight is 385 g/mol. The van der Waals surface area contributed by atoms with Crippen LogP contribution < -0.4 is 111 Å². The van der Waals surface area contributed by atoms with Gasteiger partial charge in [-0.05, 0) is 12.8 Å². The Hall–Kier alpha value is 2.25. The quantitative estimate of drug-likeness (QED) is 0.309. The molecule has 0 saturated carbocycles. The number of carboxylic acids is 2. The van der Waals surface area contributed by atoms with E-state index in [-0.39, 0.29) is 116 Å². The second-order valence-electron chi connectivity index (χ2n) is 3.43. The van der Waals surface area contributed by atoms with E-state index in [1.54, 1.807) is 0 Å². The van der Waals surface area contributed by atoms with Crippen molar-refractivity contribution >= 4 is 11.9 Å². The number of carboxylic acid groups (broad SMARTS) is 2. The van der Waals surface area contributed by atoms with Gasteiger partial charge in [-0.3, -0.25) is 9.59 Å². The van der Waals surface area contributed by atoms with Gasteiger partial charge in [-0.2, -0.15) is 0 Å². The Morgan fingerprint density at radius 2 is 0.950 bits per heavy atom. The molecule has 0 aliphatic heterocycles. The van der Waals surface area contributed by atoms with Crippen LogP contribution in [0.2, 0.25) is 0 Å². The van der Waals surface area contributed by atoms with Crippen LogP contribution in [-0.2, 0) is 30.6 Å². The summed E-state index contributed by atoms with van der Waals surface area (Å²) in [5, 5.41) is 16.6. The minimum absolute atomic E-state index is 0. The fraction of sp³-hybridized carbons (Fsp3) is 0.778. The number of rotatable bonds is 8. The van der Waals surface area contributed by atoms with E-state index >= 15 is 0 Å². The van der Waals surface area contributed by atoms with Crippen molar-refractivity contribution in [3.05, 3.63) is 0 Å². The number of aliphatic carboxylic acids is 2. The number of carbonyl (C=O) groups is 2. The summed E-state index contributed by atoms with van der Waals surface area (Å²) in [6, 6.07) is 0. The third-order valence-corrected chi connectivity index (χ3v) is 1.78. The summed E-state index contributed by atoms with van der Waals surface area (Å²) < 4.78 is 34.3. The van der Waals surface area contributed by atoms with Gasteiger partial charge < -0.3 is 10.2 Å². The van der Waals surface area contributed by atoms with E-state index in [1.165, 1.54) is 0 Å². The molecule has 0 heterocycles. The molecule has 8 nitrogen and oxygen atoms in total. The molecule has 0 saturated heterocycles. The first kappa shape index (κ1) is 30.2. The number of hydrogen-bond donors (Lipinski definition) is 2. The van der Waals surface area contributed by atoms with Crippen LogP contribution in [0.15, 0.2) is 0 Å². The van der Waals surface area contributed by atoms with Gasteiger partial charge in [0.05, 0.1) is 0 Å². The molecule has 0 unspecified atom stereocenters. The Balaban J connectivity index is -0.000000158. The van der Waals surface area contributed by atoms with Gasteiger partial charge in [0.15, 0.2) is 0 Å². The van der Waals surface area contributed by atoms with Gasteiger partial charge in [-0.1, -0.05) is 19.3 Å². The van der Waals surface area contributed by atoms with Crippen LogP contribution in [0, 0.1) is 0 Å². The van der Waals surface area contributed by atoms with Gasteiger partial charge >= 0.3 is 144 Å². The topological polar surface area (TPSA) is 155 Å². The standard InChI is InChI=1S/C9H16O4.2K.Mn.4O/c10-8(11)6-4-2-1-3-5-7-9(12)13;;;;;;;/h1-7H2,(H,10,11)(H,12,13);;;;;;;/q;2*+1;;;;2*-1. The summed E-state index contributed by atoms with van der Waals surface area (Å²) in [5.74, 6) is -1.52. The summed E-state index contributed by atoms with van der Waals surface area (Å²) in [5.41, 5.74) is 0. The average Bonchev–Trinajstić information content (AvgIpc) is 2.12. The van der Waals surface area contributed by atoms with Gasteiger partial charge in [0.2, 0.25) is 0 Å². The molecule has 0 radical (unpaired) electrons. The summed E-state index contributed by atoms with van der Waals surface area (Å²) in [6.45, 7) is 0. The molecule has 0 aliphatic carbocycles. The summed E-state index contributed by atoms with van der Waals surface area (Å²) in [4.78, 5) is 20.2. The molecule has 0 aliphatic rings. The Morgan fingerprint density at radius 1 is 0.750 bits per heavy atom. The van der Waals surface area contributed by atoms with Crippen molar-refractivity contribution in [2.24, 2.45) is 0 Å². The van der Waals surface area contributed by atoms with Gasteiger partial charge in [0.25, 0.3) is 0 Å². The first-order valence-corrected chi connectivity index (χ1v) is 7.11. The van der Waals surface area contributed by atoms with Crippen molar-refractivity contribution in [2.75, 3.05) is 0 Å². The molecule has 0 bridgehead atoms. The predicted octanol–water partition coefficient (Wildman–Crippen LogP) is -6.72. The normalized spacial score (nSPS) is 9.30. The summed E-state index contributed by atoms with van der Waals surface area (Å²) in [7, 11) is 0. The molecule has 20 heavy (non-hydrogen) atoms. The molecule has 0 rings (SSSR count). The summed E-state index contributed by atoms with van der Waals surface area (Å²) in [6.07, 6.45) is 4.53. The van der Waals surface area contributed by atoms with Crippen molar-refractivity contribution in [1.82, 2.24) is 0 Å². The maximum atomic E-state index is 10.1. The molecule has 11 heteroatoms. The van der Waals surface area contributed by atoms with Crippen molar-refractivity contribution in [3.63, 3.8) is 0 Å². The van der Waals surface area contributed by atoms with Crippen molar-refractivity contribution in [1.29, 1.82) is 0 Å². The van der Waals surface area contributed by atoms with E-state index in [9.17, 15) is 9.59 Å². The van der Waals surface area contributed by atoms with Gasteiger partial charge in [-0.25, -0.2) is 0 Å². The van der Waals surface area contributed by atoms with E-state index in [0.717, 1.165) is 19.3 Å².